The molecule has 9 N–H and O–H groups in total. The molecule has 0 saturated carbocycles. The Balaban J connectivity index is 0. The summed E-state index contributed by atoms with van der Waals surface area (Å²) in [5, 5.41) is 28.1. The summed E-state index contributed by atoms with van der Waals surface area (Å²) in [5.74, 6) is -4.84. The summed E-state index contributed by atoms with van der Waals surface area (Å²) in [6, 6.07) is -3.57. The lowest BCUT2D eigenvalue weighted by Gasteiger charge is -2.19. The van der Waals surface area contributed by atoms with Crippen molar-refractivity contribution in [3.63, 3.8) is 0 Å². The van der Waals surface area contributed by atoms with Crippen LogP contribution in [0.1, 0.15) is 48.5 Å². The number of esters is 1. The largest absolute Gasteiger partial charge is 0.465 e. The number of carbonyl (C=O) groups is 12. The Labute approximate surface area is 357 Å². The van der Waals surface area contributed by atoms with Crippen molar-refractivity contribution < 1.29 is 67.4 Å². The van der Waals surface area contributed by atoms with Gasteiger partial charge in [0.2, 0.25) is 47.3 Å². The first-order chi connectivity index (χ1) is 27.6. The average Bonchev–Trinajstić information content (AvgIpc) is 3.14. The van der Waals surface area contributed by atoms with Gasteiger partial charge >= 0.3 is 5.97 Å². The lowest BCUT2D eigenvalue weighted by Crippen LogP contribution is -2.49. The Bertz CT molecular complexity index is 1490. The molecule has 0 aliphatic heterocycles. The lowest BCUT2D eigenvalue weighted by atomic mass is 10.3. The molecule has 0 radical (unpaired) electrons. The highest BCUT2D eigenvalue weighted by Crippen LogP contribution is 2.24. The topological polar surface area (TPSA) is 331 Å². The van der Waals surface area contributed by atoms with E-state index in [-0.39, 0.29) is 67.4 Å². The smallest absolute Gasteiger partial charge is 0.325 e. The molecule has 0 aromatic rings. The second-order valence-electron chi connectivity index (χ2n) is 11.9. The monoisotopic (exact) mass is 914 g/mol. The Morgan fingerprint density at radius 2 is 0.729 bits per heavy atom. The van der Waals surface area contributed by atoms with Crippen LogP contribution in [0.15, 0.2) is 0 Å². The van der Waals surface area contributed by atoms with Crippen molar-refractivity contribution in [3.8, 4) is 0 Å². The molecule has 0 fully saturated rings. The predicted octanol–water partition coefficient (Wildman–Crippen LogP) is -3.48. The second-order valence-corrected chi connectivity index (χ2v) is 17.0. The first-order valence-electron chi connectivity index (χ1n) is 17.6. The van der Waals surface area contributed by atoms with Crippen molar-refractivity contribution >= 4 is 114 Å². The number of hydrogen-bond acceptors (Lipinski definition) is 18. The first kappa shape index (κ1) is 56.7. The SMILES string of the molecule is CC(=O)CNC(=O)[C@H](CSSC[C@H](NC(C)=O)C(=O)NCC(=O)CO)NC(C)=O.CCOC(=O)CNC(=O)[C@H](CSSC[C@H](NC(C)=O)C(=O)NCC(C)=O)NC(C)=O. The van der Waals surface area contributed by atoms with E-state index < -0.39 is 89.8 Å². The third-order valence-corrected chi connectivity index (χ3v) is 11.1. The Morgan fingerprint density at radius 1 is 0.458 bits per heavy atom. The molecule has 0 bridgehead atoms. The van der Waals surface area contributed by atoms with Gasteiger partial charge in [-0.1, -0.05) is 43.2 Å². The predicted molar refractivity (Wildman–Crippen MR) is 222 cm³/mol. The highest BCUT2D eigenvalue weighted by molar-refractivity contribution is 8.77. The first-order valence-corrected chi connectivity index (χ1v) is 22.6. The summed E-state index contributed by atoms with van der Waals surface area (Å²) in [4.78, 5) is 138. The number of ether oxygens (including phenoxy) is 1. The van der Waals surface area contributed by atoms with Crippen LogP contribution in [-0.4, -0.2) is 162 Å². The number of amides is 8. The molecule has 22 nitrogen and oxygen atoms in total. The van der Waals surface area contributed by atoms with Crippen LogP contribution in [0.4, 0.5) is 0 Å². The lowest BCUT2D eigenvalue weighted by molar-refractivity contribution is -0.143. The Morgan fingerprint density at radius 3 is 0.966 bits per heavy atom. The van der Waals surface area contributed by atoms with Gasteiger partial charge in [0, 0.05) is 50.7 Å². The zero-order chi connectivity index (χ0) is 45.5. The maximum atomic E-state index is 12.2. The summed E-state index contributed by atoms with van der Waals surface area (Å²) < 4.78 is 4.72. The number of hydrogen-bond donors (Lipinski definition) is 9. The van der Waals surface area contributed by atoms with Crippen LogP contribution >= 0.6 is 43.2 Å². The fourth-order valence-electron chi connectivity index (χ4n) is 3.71. The Hall–Kier alpha value is -4.40. The van der Waals surface area contributed by atoms with Gasteiger partial charge in [0.25, 0.3) is 0 Å². The summed E-state index contributed by atoms with van der Waals surface area (Å²) >= 11 is 0. The van der Waals surface area contributed by atoms with Crippen LogP contribution in [0.5, 0.6) is 0 Å². The Kier molecular flexibility index (Phi) is 32.1. The number of aliphatic hydroxyl groups excluding tert-OH is 1. The highest BCUT2D eigenvalue weighted by Gasteiger charge is 2.25. The number of nitrogens with one attached hydrogen (secondary N) is 8. The number of aliphatic hydroxyl groups is 1. The second kappa shape index (κ2) is 33.4. The average molecular weight is 915 g/mol. The van der Waals surface area contributed by atoms with Gasteiger partial charge in [0.15, 0.2) is 5.78 Å². The minimum Gasteiger partial charge on any atom is -0.465 e. The number of ketones is 3. The molecule has 0 aliphatic rings. The van der Waals surface area contributed by atoms with E-state index in [0.29, 0.717) is 0 Å². The molecule has 4 atom stereocenters. The fraction of sp³-hybridized carbons (Fsp3) is 0.636. The van der Waals surface area contributed by atoms with Gasteiger partial charge in [0.05, 0.1) is 26.2 Å². The van der Waals surface area contributed by atoms with Crippen molar-refractivity contribution in [2.75, 3.05) is 62.4 Å². The van der Waals surface area contributed by atoms with Crippen LogP contribution < -0.4 is 42.5 Å². The van der Waals surface area contributed by atoms with Crippen molar-refractivity contribution in [3.05, 3.63) is 0 Å². The van der Waals surface area contributed by atoms with Crippen molar-refractivity contribution in [1.82, 2.24) is 42.5 Å². The van der Waals surface area contributed by atoms with Crippen LogP contribution in [0.3, 0.4) is 0 Å². The van der Waals surface area contributed by atoms with Crippen molar-refractivity contribution in [2.24, 2.45) is 0 Å². The van der Waals surface area contributed by atoms with Crippen LogP contribution in [-0.2, 0) is 62.3 Å². The van der Waals surface area contributed by atoms with E-state index in [0.717, 1.165) is 0 Å². The van der Waals surface area contributed by atoms with Gasteiger partial charge in [-0.15, -0.1) is 0 Å². The van der Waals surface area contributed by atoms with E-state index in [1.807, 2.05) is 0 Å². The van der Waals surface area contributed by atoms with Crippen LogP contribution in [0.2, 0.25) is 0 Å². The summed E-state index contributed by atoms with van der Waals surface area (Å²) in [7, 11) is 4.77. The third-order valence-electron chi connectivity index (χ3n) is 6.25. The molecule has 26 heteroatoms. The van der Waals surface area contributed by atoms with Crippen LogP contribution in [0.25, 0.3) is 0 Å². The zero-order valence-electron chi connectivity index (χ0n) is 33.8. The van der Waals surface area contributed by atoms with E-state index in [9.17, 15) is 57.5 Å². The minimum atomic E-state index is -0.928. The molecule has 0 spiro atoms. The normalized spacial score (nSPS) is 12.2. The highest BCUT2D eigenvalue weighted by atomic mass is 33.1. The van der Waals surface area contributed by atoms with Gasteiger partial charge in [-0.3, -0.25) is 57.5 Å². The summed E-state index contributed by atoms with van der Waals surface area (Å²) in [6.07, 6.45) is 0. The molecule has 0 aromatic heterocycles. The molecule has 59 heavy (non-hydrogen) atoms. The van der Waals surface area contributed by atoms with Gasteiger partial charge in [-0.25, -0.2) is 0 Å². The van der Waals surface area contributed by atoms with E-state index in [4.69, 9.17) is 9.84 Å². The standard InChI is InChI=1S/C17H28N4O7S2.C16H26N4O7S2/c1-5-28-15(25)7-19-17(27)14(21-12(4)24)9-30-29-8-13(20-11(3)23)16(26)18-6-10(2)22;1-9(22)4-17-15(26)13(19-10(2)23)7-28-29-8-14(20-11(3)24)16(27)18-5-12(25)6-21/h13-14H,5-9H2,1-4H3,(H,18,26)(H,19,27)(H,20,23)(H,21,24);13-14,21H,4-8H2,1-3H3,(H,17,26)(H,18,27)(H,19,23)(H,20,24)/t2*13-,14-/m00/s1. The number of rotatable bonds is 28. The zero-order valence-corrected chi connectivity index (χ0v) is 37.0. The van der Waals surface area contributed by atoms with Gasteiger partial charge in [-0.2, -0.15) is 0 Å². The maximum absolute atomic E-state index is 12.2. The quantitative estimate of drug-likeness (QED) is 0.0209. The van der Waals surface area contributed by atoms with Crippen molar-refractivity contribution in [2.45, 2.75) is 72.6 Å². The van der Waals surface area contributed by atoms with E-state index >= 15 is 0 Å². The molecule has 8 amide bonds. The molecule has 0 rings (SSSR count). The van der Waals surface area contributed by atoms with Gasteiger partial charge in [0.1, 0.15) is 48.9 Å². The number of carbonyl (C=O) groups excluding carboxylic acids is 12. The van der Waals surface area contributed by atoms with Crippen LogP contribution in [0, 0.1) is 0 Å². The molecule has 0 saturated heterocycles. The molecule has 0 aromatic carbocycles. The fourth-order valence-corrected chi connectivity index (χ4v) is 8.36. The van der Waals surface area contributed by atoms with E-state index in [2.05, 4.69) is 42.5 Å². The summed E-state index contributed by atoms with van der Waals surface area (Å²) in [5.41, 5.74) is 0. The minimum absolute atomic E-state index is 0.130. The van der Waals surface area contributed by atoms with Crippen molar-refractivity contribution in [1.29, 1.82) is 0 Å². The van der Waals surface area contributed by atoms with E-state index in [1.165, 1.54) is 84.7 Å². The molecule has 0 heterocycles. The molecule has 0 unspecified atom stereocenters. The van der Waals surface area contributed by atoms with Gasteiger partial charge in [-0.05, 0) is 20.8 Å². The molecular weight excluding hydrogens is 861 g/mol. The molecule has 334 valence electrons. The molecular formula is C33H54N8O14S4. The molecule has 0 aliphatic carbocycles. The van der Waals surface area contributed by atoms with E-state index in [1.54, 1.807) is 6.92 Å². The maximum Gasteiger partial charge on any atom is 0.325 e. The third kappa shape index (κ3) is 32.2. The summed E-state index contributed by atoms with van der Waals surface area (Å²) in [6.45, 7) is 7.83. The number of Topliss-reactive ketones (excluding diaryl/α,β-unsaturated/α-hetero) is 3. The van der Waals surface area contributed by atoms with Gasteiger partial charge < -0.3 is 52.4 Å².